The van der Waals surface area contributed by atoms with E-state index < -0.39 is 0 Å². The zero-order chi connectivity index (χ0) is 14.5. The van der Waals surface area contributed by atoms with E-state index in [1.54, 1.807) is 0 Å². The van der Waals surface area contributed by atoms with Gasteiger partial charge in [-0.3, -0.25) is 4.90 Å². The predicted octanol–water partition coefficient (Wildman–Crippen LogP) is 3.93. The summed E-state index contributed by atoms with van der Waals surface area (Å²) >= 11 is 6.03. The van der Waals surface area contributed by atoms with Crippen molar-refractivity contribution in [3.8, 4) is 0 Å². The van der Waals surface area contributed by atoms with Crippen LogP contribution in [0.25, 0.3) is 0 Å². The van der Waals surface area contributed by atoms with Crippen LogP contribution in [-0.4, -0.2) is 31.2 Å². The van der Waals surface area contributed by atoms with Gasteiger partial charge in [-0.25, -0.2) is 0 Å². The highest BCUT2D eigenvalue weighted by molar-refractivity contribution is 6.30. The third-order valence-electron chi connectivity index (χ3n) is 3.83. The Morgan fingerprint density at radius 3 is 2.27 bits per heavy atom. The second kappa shape index (κ2) is 8.30. The normalized spacial score (nSPS) is 15.3. The molecule has 2 aromatic rings. The van der Waals surface area contributed by atoms with Gasteiger partial charge in [-0.15, -0.1) is 0 Å². The number of halogens is 1. The third kappa shape index (κ3) is 4.82. The van der Waals surface area contributed by atoms with Crippen molar-refractivity contribution in [3.05, 3.63) is 70.2 Å². The van der Waals surface area contributed by atoms with E-state index in [1.807, 2.05) is 18.2 Å². The van der Waals surface area contributed by atoms with Crippen molar-refractivity contribution < 1.29 is 4.74 Å². The zero-order valence-electron chi connectivity index (χ0n) is 12.8. The molecule has 4 heteroatoms. The highest BCUT2D eigenvalue weighted by Crippen LogP contribution is 2.16. The first-order valence-corrected chi connectivity index (χ1v) is 7.80. The van der Waals surface area contributed by atoms with Crippen LogP contribution >= 0.6 is 11.6 Å². The summed E-state index contributed by atoms with van der Waals surface area (Å²) in [5.41, 5.74) is 3.94. The summed E-state index contributed by atoms with van der Waals surface area (Å²) in [6.07, 6.45) is 0.929. The van der Waals surface area contributed by atoms with Gasteiger partial charge < -0.3 is 10.9 Å². The Balaban J connectivity index is 0.00000176. The molecule has 3 N–H and O–H groups in total. The Morgan fingerprint density at radius 1 is 0.909 bits per heavy atom. The maximum absolute atomic E-state index is 6.03. The predicted molar refractivity (Wildman–Crippen MR) is 91.8 cm³/mol. The summed E-state index contributed by atoms with van der Waals surface area (Å²) in [7, 11) is 0. The molecule has 0 aliphatic carbocycles. The molecule has 1 saturated heterocycles. The van der Waals surface area contributed by atoms with Crippen molar-refractivity contribution in [2.24, 2.45) is 0 Å². The first-order valence-electron chi connectivity index (χ1n) is 7.42. The molecule has 118 valence electrons. The molecule has 0 unspecified atom stereocenters. The standard InChI is InChI=1S/C18H20ClNO.H3N/c19-18-3-1-2-17(13-18)12-15-4-6-16(7-5-15)14-20-8-10-21-11-9-20;/h1-7,13H,8-12,14H2;1H3. The lowest BCUT2D eigenvalue weighted by Gasteiger charge is -2.26. The van der Waals surface area contributed by atoms with Gasteiger partial charge >= 0.3 is 0 Å². The van der Waals surface area contributed by atoms with Crippen molar-refractivity contribution in [1.82, 2.24) is 11.1 Å². The van der Waals surface area contributed by atoms with E-state index in [1.165, 1.54) is 16.7 Å². The summed E-state index contributed by atoms with van der Waals surface area (Å²) in [4.78, 5) is 2.44. The van der Waals surface area contributed by atoms with E-state index >= 15 is 0 Å². The number of nitrogens with zero attached hydrogens (tertiary/aromatic N) is 1. The molecular weight excluding hydrogens is 296 g/mol. The molecule has 0 spiro atoms. The van der Waals surface area contributed by atoms with Crippen LogP contribution in [0.15, 0.2) is 48.5 Å². The van der Waals surface area contributed by atoms with Gasteiger partial charge in [0.25, 0.3) is 0 Å². The SMILES string of the molecule is Clc1cccc(Cc2ccc(CN3CCOCC3)cc2)c1.N. The lowest BCUT2D eigenvalue weighted by Crippen LogP contribution is -2.35. The van der Waals surface area contributed by atoms with Gasteiger partial charge in [-0.05, 0) is 35.2 Å². The van der Waals surface area contributed by atoms with Crippen LogP contribution in [0.5, 0.6) is 0 Å². The first-order chi connectivity index (χ1) is 10.3. The molecule has 3 nitrogen and oxygen atoms in total. The topological polar surface area (TPSA) is 47.5 Å². The molecule has 0 radical (unpaired) electrons. The molecule has 22 heavy (non-hydrogen) atoms. The lowest BCUT2D eigenvalue weighted by atomic mass is 10.0. The van der Waals surface area contributed by atoms with Gasteiger partial charge in [0.15, 0.2) is 0 Å². The molecule has 2 aromatic carbocycles. The van der Waals surface area contributed by atoms with Crippen LogP contribution in [0.1, 0.15) is 16.7 Å². The number of ether oxygens (including phenoxy) is 1. The van der Waals surface area contributed by atoms with Crippen LogP contribution in [0, 0.1) is 0 Å². The summed E-state index contributed by atoms with van der Waals surface area (Å²) in [6.45, 7) is 4.79. The fourth-order valence-electron chi connectivity index (χ4n) is 2.66. The maximum atomic E-state index is 6.03. The van der Waals surface area contributed by atoms with E-state index in [0.29, 0.717) is 0 Å². The first kappa shape index (κ1) is 17.0. The summed E-state index contributed by atoms with van der Waals surface area (Å²) in [5.74, 6) is 0. The minimum Gasteiger partial charge on any atom is -0.379 e. The molecule has 1 aliphatic rings. The third-order valence-corrected chi connectivity index (χ3v) is 4.07. The Labute approximate surface area is 137 Å². The second-order valence-corrected chi connectivity index (χ2v) is 5.95. The van der Waals surface area contributed by atoms with Crippen LogP contribution in [0.4, 0.5) is 0 Å². The van der Waals surface area contributed by atoms with Gasteiger partial charge in [0, 0.05) is 24.7 Å². The highest BCUT2D eigenvalue weighted by atomic mass is 35.5. The summed E-state index contributed by atoms with van der Waals surface area (Å²) in [5, 5.41) is 0.802. The van der Waals surface area contributed by atoms with Crippen LogP contribution in [0.3, 0.4) is 0 Å². The van der Waals surface area contributed by atoms with Crippen molar-refractivity contribution in [2.75, 3.05) is 26.3 Å². The smallest absolute Gasteiger partial charge is 0.0594 e. The van der Waals surface area contributed by atoms with Crippen molar-refractivity contribution in [1.29, 1.82) is 0 Å². The quantitative estimate of drug-likeness (QED) is 0.929. The highest BCUT2D eigenvalue weighted by Gasteiger charge is 2.10. The average Bonchev–Trinajstić information content (AvgIpc) is 2.50. The average molecular weight is 319 g/mol. The number of benzene rings is 2. The summed E-state index contributed by atoms with van der Waals surface area (Å²) in [6, 6.07) is 17.0. The van der Waals surface area contributed by atoms with Crippen LogP contribution in [0.2, 0.25) is 5.02 Å². The number of morpholine rings is 1. The number of hydrogen-bond donors (Lipinski definition) is 1. The fraction of sp³-hybridized carbons (Fsp3) is 0.333. The van der Waals surface area contributed by atoms with Gasteiger partial charge in [0.2, 0.25) is 0 Å². The molecular formula is C18H23ClN2O. The lowest BCUT2D eigenvalue weighted by molar-refractivity contribution is 0.0342. The van der Waals surface area contributed by atoms with Gasteiger partial charge in [-0.1, -0.05) is 48.0 Å². The number of hydrogen-bond acceptors (Lipinski definition) is 3. The van der Waals surface area contributed by atoms with Crippen molar-refractivity contribution in [2.45, 2.75) is 13.0 Å². The van der Waals surface area contributed by atoms with Gasteiger partial charge in [-0.2, -0.15) is 0 Å². The monoisotopic (exact) mass is 318 g/mol. The Hall–Kier alpha value is -1.39. The van der Waals surface area contributed by atoms with Gasteiger partial charge in [0.1, 0.15) is 0 Å². The molecule has 3 rings (SSSR count). The number of rotatable bonds is 4. The minimum absolute atomic E-state index is 0. The Morgan fingerprint density at radius 2 is 1.59 bits per heavy atom. The molecule has 1 fully saturated rings. The van der Waals surface area contributed by atoms with Crippen molar-refractivity contribution in [3.63, 3.8) is 0 Å². The molecule has 0 atom stereocenters. The van der Waals surface area contributed by atoms with Crippen LogP contribution in [-0.2, 0) is 17.7 Å². The molecule has 0 aromatic heterocycles. The fourth-order valence-corrected chi connectivity index (χ4v) is 2.88. The van der Waals surface area contributed by atoms with Crippen molar-refractivity contribution >= 4 is 11.6 Å². The minimum atomic E-state index is 0. The van der Waals surface area contributed by atoms with E-state index in [-0.39, 0.29) is 6.15 Å². The second-order valence-electron chi connectivity index (χ2n) is 5.51. The van der Waals surface area contributed by atoms with E-state index in [2.05, 4.69) is 35.2 Å². The van der Waals surface area contributed by atoms with E-state index in [0.717, 1.165) is 44.3 Å². The maximum Gasteiger partial charge on any atom is 0.0594 e. The van der Waals surface area contributed by atoms with E-state index in [9.17, 15) is 0 Å². The van der Waals surface area contributed by atoms with Crippen LogP contribution < -0.4 is 6.15 Å². The molecule has 1 heterocycles. The Bertz CT molecular complexity index is 580. The molecule has 0 amide bonds. The van der Waals surface area contributed by atoms with E-state index in [4.69, 9.17) is 16.3 Å². The Kier molecular flexibility index (Phi) is 6.40. The molecule has 0 saturated carbocycles. The molecule has 0 bridgehead atoms. The zero-order valence-corrected chi connectivity index (χ0v) is 13.6. The van der Waals surface area contributed by atoms with Gasteiger partial charge in [0.05, 0.1) is 13.2 Å². The molecule has 1 aliphatic heterocycles. The summed E-state index contributed by atoms with van der Waals surface area (Å²) < 4.78 is 5.38. The largest absolute Gasteiger partial charge is 0.379 e.